The molecule has 2 aromatic carbocycles. The lowest BCUT2D eigenvalue weighted by Crippen LogP contribution is -2.15. The fourth-order valence-corrected chi connectivity index (χ4v) is 3.31. The van der Waals surface area contributed by atoms with Gasteiger partial charge in [-0.05, 0) is 55.2 Å². The Morgan fingerprint density at radius 1 is 1.15 bits per heavy atom. The molecule has 0 spiro atoms. The maximum Gasteiger partial charge on any atom is 0.307 e. The first-order valence-electron chi connectivity index (χ1n) is 8.54. The summed E-state index contributed by atoms with van der Waals surface area (Å²) in [7, 11) is 0. The van der Waals surface area contributed by atoms with Crippen molar-refractivity contribution in [1.82, 2.24) is 0 Å². The number of allylic oxidation sites excluding steroid dienone is 1. The van der Waals surface area contributed by atoms with E-state index in [1.165, 1.54) is 0 Å². The Hall–Kier alpha value is -2.17. The van der Waals surface area contributed by atoms with Crippen LogP contribution in [0.3, 0.4) is 0 Å². The minimum absolute atomic E-state index is 0.296. The van der Waals surface area contributed by atoms with Gasteiger partial charge in [-0.2, -0.15) is 0 Å². The number of benzene rings is 2. The molecule has 1 atom stereocenters. The molecule has 6 heteroatoms. The highest BCUT2D eigenvalue weighted by molar-refractivity contribution is 6.37. The van der Waals surface area contributed by atoms with E-state index >= 15 is 0 Å². The summed E-state index contributed by atoms with van der Waals surface area (Å²) in [5, 5.41) is 10.1. The fourth-order valence-electron chi connectivity index (χ4n) is 2.61. The number of aliphatic carboxylic acids is 1. The van der Waals surface area contributed by atoms with Crippen molar-refractivity contribution >= 4 is 29.2 Å². The monoisotopic (exact) mass is 408 g/mol. The molecule has 1 N–H and O–H groups in total. The quantitative estimate of drug-likeness (QED) is 0.411. The molecular formula is C21H22Cl2O4. The summed E-state index contributed by atoms with van der Waals surface area (Å²) in [6.45, 7) is 6.14. The van der Waals surface area contributed by atoms with Crippen molar-refractivity contribution in [2.45, 2.75) is 19.8 Å². The molecule has 0 aliphatic carbocycles. The van der Waals surface area contributed by atoms with Crippen LogP contribution < -0.4 is 9.47 Å². The minimum Gasteiger partial charge on any atom is -0.490 e. The number of carboxylic acids is 1. The lowest BCUT2D eigenvalue weighted by molar-refractivity contribution is -0.141. The van der Waals surface area contributed by atoms with E-state index in [0.29, 0.717) is 47.6 Å². The molecule has 0 aliphatic rings. The number of aryl methyl sites for hydroxylation is 1. The summed E-state index contributed by atoms with van der Waals surface area (Å²) >= 11 is 12.3. The largest absolute Gasteiger partial charge is 0.490 e. The van der Waals surface area contributed by atoms with Crippen molar-refractivity contribution < 1.29 is 19.4 Å². The van der Waals surface area contributed by atoms with E-state index in [0.717, 1.165) is 11.1 Å². The maximum absolute atomic E-state index is 11.2. The number of ether oxygens (including phenoxy) is 2. The molecule has 0 bridgehead atoms. The second-order valence-electron chi connectivity index (χ2n) is 6.16. The van der Waals surface area contributed by atoms with E-state index in [2.05, 4.69) is 6.58 Å². The zero-order valence-corrected chi connectivity index (χ0v) is 16.6. The molecule has 27 heavy (non-hydrogen) atoms. The summed E-state index contributed by atoms with van der Waals surface area (Å²) in [5.41, 5.74) is 1.90. The van der Waals surface area contributed by atoms with Crippen LogP contribution in [0, 0.1) is 12.8 Å². The highest BCUT2D eigenvalue weighted by Crippen LogP contribution is 2.33. The average Bonchev–Trinajstić information content (AvgIpc) is 2.61. The Morgan fingerprint density at radius 3 is 2.30 bits per heavy atom. The Balaban J connectivity index is 1.83. The van der Waals surface area contributed by atoms with Gasteiger partial charge >= 0.3 is 5.97 Å². The van der Waals surface area contributed by atoms with Gasteiger partial charge in [-0.3, -0.25) is 4.79 Å². The Kier molecular flexibility index (Phi) is 8.01. The average molecular weight is 409 g/mol. The molecule has 0 heterocycles. The lowest BCUT2D eigenvalue weighted by Gasteiger charge is -2.13. The van der Waals surface area contributed by atoms with Gasteiger partial charge in [0.05, 0.1) is 16.0 Å². The van der Waals surface area contributed by atoms with Gasteiger partial charge in [0.25, 0.3) is 0 Å². The van der Waals surface area contributed by atoms with Crippen LogP contribution in [0.1, 0.15) is 17.5 Å². The molecule has 0 saturated heterocycles. The first-order chi connectivity index (χ1) is 12.9. The first-order valence-corrected chi connectivity index (χ1v) is 9.30. The van der Waals surface area contributed by atoms with Gasteiger partial charge in [0, 0.05) is 0 Å². The van der Waals surface area contributed by atoms with Crippen LogP contribution >= 0.6 is 23.2 Å². The Bertz CT molecular complexity index is 764. The van der Waals surface area contributed by atoms with Crippen molar-refractivity contribution in [3.05, 3.63) is 70.2 Å². The van der Waals surface area contributed by atoms with E-state index in [1.54, 1.807) is 18.2 Å². The molecule has 0 aromatic heterocycles. The summed E-state index contributed by atoms with van der Waals surface area (Å²) in [6.07, 6.45) is 2.52. The molecule has 0 saturated carbocycles. The van der Waals surface area contributed by atoms with E-state index in [4.69, 9.17) is 32.7 Å². The normalized spacial score (nSPS) is 11.7. The van der Waals surface area contributed by atoms with E-state index in [-0.39, 0.29) is 0 Å². The highest BCUT2D eigenvalue weighted by atomic mass is 35.5. The van der Waals surface area contributed by atoms with Crippen LogP contribution in [0.2, 0.25) is 10.0 Å². The number of halogens is 2. The Labute approximate surface area is 169 Å². The predicted molar refractivity (Wildman–Crippen MR) is 108 cm³/mol. The SMILES string of the molecule is C=CCC(Cc1ccc(OCCOc2c(Cl)cc(C)cc2Cl)cc1)C(=O)O. The van der Waals surface area contributed by atoms with Crippen molar-refractivity contribution in [3.8, 4) is 11.5 Å². The van der Waals surface area contributed by atoms with Crippen LogP contribution in [-0.2, 0) is 11.2 Å². The summed E-state index contributed by atoms with van der Waals surface area (Å²) in [4.78, 5) is 11.2. The van der Waals surface area contributed by atoms with Crippen molar-refractivity contribution in [2.24, 2.45) is 5.92 Å². The smallest absolute Gasteiger partial charge is 0.307 e. The van der Waals surface area contributed by atoms with Crippen LogP contribution in [0.5, 0.6) is 11.5 Å². The molecule has 4 nitrogen and oxygen atoms in total. The third kappa shape index (κ3) is 6.49. The first kappa shape index (κ1) is 21.1. The highest BCUT2D eigenvalue weighted by Gasteiger charge is 2.16. The van der Waals surface area contributed by atoms with Gasteiger partial charge in [0.2, 0.25) is 0 Å². The third-order valence-electron chi connectivity index (χ3n) is 3.95. The number of hydrogen-bond acceptors (Lipinski definition) is 3. The maximum atomic E-state index is 11.2. The molecule has 144 valence electrons. The van der Waals surface area contributed by atoms with Crippen LogP contribution in [0.4, 0.5) is 0 Å². The molecule has 0 fully saturated rings. The number of rotatable bonds is 10. The van der Waals surface area contributed by atoms with Crippen LogP contribution in [0.25, 0.3) is 0 Å². The molecule has 2 aromatic rings. The molecule has 0 radical (unpaired) electrons. The zero-order valence-electron chi connectivity index (χ0n) is 15.1. The number of hydrogen-bond donors (Lipinski definition) is 1. The van der Waals surface area contributed by atoms with Crippen molar-refractivity contribution in [1.29, 1.82) is 0 Å². The van der Waals surface area contributed by atoms with Gasteiger partial charge in [-0.1, -0.05) is 41.4 Å². The molecular weight excluding hydrogens is 387 g/mol. The van der Waals surface area contributed by atoms with E-state index < -0.39 is 11.9 Å². The standard InChI is InChI=1S/C21H22Cl2O4/c1-3-4-16(21(24)25)13-15-5-7-17(8-6-15)26-9-10-27-20-18(22)11-14(2)12-19(20)23/h3,5-8,11-12,16H,1,4,9-10,13H2,2H3,(H,24,25). The predicted octanol–water partition coefficient (Wildman–Crippen LogP) is 5.58. The molecule has 0 aliphatic heterocycles. The molecule has 2 rings (SSSR count). The lowest BCUT2D eigenvalue weighted by atomic mass is 9.96. The van der Waals surface area contributed by atoms with Gasteiger partial charge in [0.15, 0.2) is 5.75 Å². The summed E-state index contributed by atoms with van der Waals surface area (Å²) in [6, 6.07) is 10.9. The zero-order chi connectivity index (χ0) is 19.8. The van der Waals surface area contributed by atoms with Crippen LogP contribution in [-0.4, -0.2) is 24.3 Å². The van der Waals surface area contributed by atoms with Gasteiger partial charge in [-0.25, -0.2) is 0 Å². The van der Waals surface area contributed by atoms with Gasteiger partial charge in [-0.15, -0.1) is 6.58 Å². The summed E-state index contributed by atoms with van der Waals surface area (Å²) < 4.78 is 11.3. The fraction of sp³-hybridized carbons (Fsp3) is 0.286. The number of carboxylic acid groups (broad SMARTS) is 1. The minimum atomic E-state index is -0.819. The van der Waals surface area contributed by atoms with Crippen LogP contribution in [0.15, 0.2) is 49.1 Å². The molecule has 1 unspecified atom stereocenters. The second-order valence-corrected chi connectivity index (χ2v) is 6.98. The van der Waals surface area contributed by atoms with E-state index in [9.17, 15) is 9.90 Å². The Morgan fingerprint density at radius 2 is 1.74 bits per heavy atom. The molecule has 0 amide bonds. The van der Waals surface area contributed by atoms with Gasteiger partial charge in [0.1, 0.15) is 19.0 Å². The second kappa shape index (κ2) is 10.2. The van der Waals surface area contributed by atoms with Crippen molar-refractivity contribution in [3.63, 3.8) is 0 Å². The topological polar surface area (TPSA) is 55.8 Å². The van der Waals surface area contributed by atoms with Crippen molar-refractivity contribution in [2.75, 3.05) is 13.2 Å². The van der Waals surface area contributed by atoms with Gasteiger partial charge < -0.3 is 14.6 Å². The number of carbonyl (C=O) groups is 1. The summed E-state index contributed by atoms with van der Waals surface area (Å²) in [5.74, 6) is -0.156. The van der Waals surface area contributed by atoms with E-state index in [1.807, 2.05) is 31.2 Å². The third-order valence-corrected chi connectivity index (χ3v) is 4.51.